The molecule has 2 nitrogen and oxygen atoms in total. The first-order chi connectivity index (χ1) is 10.8. The molecule has 1 heterocycles. The fourth-order valence-corrected chi connectivity index (χ4v) is 3.97. The third-order valence-electron chi connectivity index (χ3n) is 4.28. The minimum atomic E-state index is 0.127. The highest BCUT2D eigenvalue weighted by atomic mass is 32.1. The molecule has 112 valence electrons. The number of hydrogen-bond acceptors (Lipinski definition) is 3. The molecule has 0 saturated heterocycles. The third-order valence-corrected chi connectivity index (χ3v) is 5.37. The number of allylic oxidation sites excluding steroid dienone is 6. The Morgan fingerprint density at radius 1 is 1.14 bits per heavy atom. The van der Waals surface area contributed by atoms with Gasteiger partial charge < -0.3 is 0 Å². The van der Waals surface area contributed by atoms with Crippen molar-refractivity contribution in [3.63, 3.8) is 0 Å². The molecule has 0 aromatic carbocycles. The molecule has 0 spiro atoms. The highest BCUT2D eigenvalue weighted by Crippen LogP contribution is 2.32. The van der Waals surface area contributed by atoms with Crippen molar-refractivity contribution in [2.24, 2.45) is 0 Å². The minimum absolute atomic E-state index is 0.127. The monoisotopic (exact) mass is 309 g/mol. The van der Waals surface area contributed by atoms with Gasteiger partial charge in [-0.2, -0.15) is 5.26 Å². The van der Waals surface area contributed by atoms with Crippen LogP contribution in [0.1, 0.15) is 53.1 Å². The van der Waals surface area contributed by atoms with Gasteiger partial charge in [-0.25, -0.2) is 0 Å². The van der Waals surface area contributed by atoms with Crippen LogP contribution in [0.3, 0.4) is 0 Å². The smallest absolute Gasteiger partial charge is 0.198 e. The van der Waals surface area contributed by atoms with Crippen LogP contribution < -0.4 is 0 Å². The summed E-state index contributed by atoms with van der Waals surface area (Å²) in [7, 11) is 0. The van der Waals surface area contributed by atoms with Gasteiger partial charge in [0, 0.05) is 10.5 Å². The molecule has 2 aliphatic carbocycles. The lowest BCUT2D eigenvalue weighted by Gasteiger charge is -2.19. The topological polar surface area (TPSA) is 40.9 Å². The first-order valence-electron chi connectivity index (χ1n) is 7.87. The molecular weight excluding hydrogens is 290 g/mol. The molecular formula is C19H19NOS. The molecule has 0 amide bonds. The van der Waals surface area contributed by atoms with Crippen LogP contribution in [0.5, 0.6) is 0 Å². The number of Topliss-reactive ketones (excluding diaryl/α,β-unsaturated/α-hetero) is 1. The van der Waals surface area contributed by atoms with E-state index in [1.54, 1.807) is 0 Å². The molecule has 0 fully saturated rings. The second kappa shape index (κ2) is 6.89. The van der Waals surface area contributed by atoms with Crippen LogP contribution >= 0.6 is 11.3 Å². The molecule has 0 bridgehead atoms. The Morgan fingerprint density at radius 3 is 2.73 bits per heavy atom. The summed E-state index contributed by atoms with van der Waals surface area (Å²) in [5, 5.41) is 8.72. The molecule has 2 aliphatic rings. The van der Waals surface area contributed by atoms with Gasteiger partial charge in [-0.15, -0.1) is 11.3 Å². The van der Waals surface area contributed by atoms with Gasteiger partial charge in [-0.05, 0) is 61.8 Å². The zero-order chi connectivity index (χ0) is 15.4. The summed E-state index contributed by atoms with van der Waals surface area (Å²) >= 11 is 1.44. The van der Waals surface area contributed by atoms with Gasteiger partial charge in [0.25, 0.3) is 0 Å². The highest BCUT2D eigenvalue weighted by Gasteiger charge is 2.18. The largest absolute Gasteiger partial charge is 0.288 e. The number of carbonyl (C=O) groups excluding carboxylic acids is 1. The van der Waals surface area contributed by atoms with E-state index in [9.17, 15) is 4.79 Å². The summed E-state index contributed by atoms with van der Waals surface area (Å²) in [6.45, 7) is 0. The SMILES string of the molecule is N#CCc1ccc(C(=O)C2=CC=C(C3=CCCCC3)CC2)s1. The van der Waals surface area contributed by atoms with E-state index in [4.69, 9.17) is 5.26 Å². The fourth-order valence-electron chi connectivity index (χ4n) is 3.05. The van der Waals surface area contributed by atoms with Crippen molar-refractivity contribution in [1.82, 2.24) is 0 Å². The molecule has 3 rings (SSSR count). The summed E-state index contributed by atoms with van der Waals surface area (Å²) in [5.74, 6) is 0.127. The molecule has 1 aromatic rings. The van der Waals surface area contributed by atoms with Crippen LogP contribution in [0.2, 0.25) is 0 Å². The predicted molar refractivity (Wildman–Crippen MR) is 89.9 cm³/mol. The first kappa shape index (κ1) is 15.0. The number of hydrogen-bond donors (Lipinski definition) is 0. The Balaban J connectivity index is 1.74. The Kier molecular flexibility index (Phi) is 4.70. The Labute approximate surface area is 135 Å². The van der Waals surface area contributed by atoms with Crippen molar-refractivity contribution in [2.75, 3.05) is 0 Å². The van der Waals surface area contributed by atoms with E-state index in [1.165, 1.54) is 48.2 Å². The van der Waals surface area contributed by atoms with Crippen LogP contribution in [-0.2, 0) is 6.42 Å². The van der Waals surface area contributed by atoms with E-state index >= 15 is 0 Å². The van der Waals surface area contributed by atoms with Gasteiger partial charge in [-0.3, -0.25) is 4.79 Å². The normalized spacial score (nSPS) is 18.0. The molecule has 1 aromatic heterocycles. The number of nitrogens with zero attached hydrogens (tertiary/aromatic N) is 1. The van der Waals surface area contributed by atoms with Gasteiger partial charge in [0.15, 0.2) is 5.78 Å². The highest BCUT2D eigenvalue weighted by molar-refractivity contribution is 7.14. The summed E-state index contributed by atoms with van der Waals surface area (Å²) in [6, 6.07) is 5.86. The van der Waals surface area contributed by atoms with E-state index in [1.807, 2.05) is 18.2 Å². The molecule has 0 radical (unpaired) electrons. The zero-order valence-electron chi connectivity index (χ0n) is 12.6. The Hall–Kier alpha value is -1.92. The summed E-state index contributed by atoms with van der Waals surface area (Å²) in [6.07, 6.45) is 13.7. The minimum Gasteiger partial charge on any atom is -0.288 e. The second-order valence-electron chi connectivity index (χ2n) is 5.79. The fraction of sp³-hybridized carbons (Fsp3) is 0.368. The number of ketones is 1. The lowest BCUT2D eigenvalue weighted by atomic mass is 9.86. The number of rotatable bonds is 4. The number of thiophene rings is 1. The maximum absolute atomic E-state index is 12.5. The van der Waals surface area contributed by atoms with Crippen LogP contribution in [0.25, 0.3) is 0 Å². The lowest BCUT2D eigenvalue weighted by molar-refractivity contribution is 0.103. The lowest BCUT2D eigenvalue weighted by Crippen LogP contribution is -2.06. The van der Waals surface area contributed by atoms with Gasteiger partial charge in [0.2, 0.25) is 0 Å². The van der Waals surface area contributed by atoms with Crippen molar-refractivity contribution < 1.29 is 4.79 Å². The van der Waals surface area contributed by atoms with Gasteiger partial charge in [0.05, 0.1) is 17.4 Å². The molecule has 0 aliphatic heterocycles. The van der Waals surface area contributed by atoms with E-state index in [-0.39, 0.29) is 5.78 Å². The molecule has 0 saturated carbocycles. The molecule has 22 heavy (non-hydrogen) atoms. The Bertz CT molecular complexity index is 712. The summed E-state index contributed by atoms with van der Waals surface area (Å²) < 4.78 is 0. The quantitative estimate of drug-likeness (QED) is 0.722. The summed E-state index contributed by atoms with van der Waals surface area (Å²) in [4.78, 5) is 14.2. The second-order valence-corrected chi connectivity index (χ2v) is 6.96. The van der Waals surface area contributed by atoms with Crippen molar-refractivity contribution in [2.45, 2.75) is 44.9 Å². The standard InChI is InChI=1S/C19H19NOS/c20-13-12-17-10-11-18(22-17)19(21)16-8-6-15(7-9-16)14-4-2-1-3-5-14/h4,6,8,10-11H,1-3,5,7,9,12H2. The van der Waals surface area contributed by atoms with E-state index in [0.29, 0.717) is 6.42 Å². The first-order valence-corrected chi connectivity index (χ1v) is 8.69. The average molecular weight is 309 g/mol. The Morgan fingerprint density at radius 2 is 2.05 bits per heavy atom. The van der Waals surface area contributed by atoms with Crippen molar-refractivity contribution in [3.05, 3.63) is 56.8 Å². The van der Waals surface area contributed by atoms with E-state index in [2.05, 4.69) is 18.2 Å². The number of nitriles is 1. The third kappa shape index (κ3) is 3.28. The average Bonchev–Trinajstić information content (AvgIpc) is 3.04. The van der Waals surface area contributed by atoms with Crippen LogP contribution in [0.4, 0.5) is 0 Å². The summed E-state index contributed by atoms with van der Waals surface area (Å²) in [5.41, 5.74) is 3.79. The zero-order valence-corrected chi connectivity index (χ0v) is 13.4. The van der Waals surface area contributed by atoms with Gasteiger partial charge in [0.1, 0.15) is 0 Å². The molecule has 0 unspecified atom stereocenters. The van der Waals surface area contributed by atoms with Crippen molar-refractivity contribution in [1.29, 1.82) is 5.26 Å². The molecule has 0 N–H and O–H groups in total. The maximum atomic E-state index is 12.5. The molecule has 0 atom stereocenters. The number of carbonyl (C=O) groups is 1. The van der Waals surface area contributed by atoms with Crippen molar-refractivity contribution >= 4 is 17.1 Å². The van der Waals surface area contributed by atoms with Gasteiger partial charge in [-0.1, -0.05) is 18.2 Å². The van der Waals surface area contributed by atoms with Gasteiger partial charge >= 0.3 is 0 Å². The maximum Gasteiger partial charge on any atom is 0.198 e. The van der Waals surface area contributed by atoms with Crippen LogP contribution in [0, 0.1) is 11.3 Å². The van der Waals surface area contributed by atoms with Crippen molar-refractivity contribution in [3.8, 4) is 6.07 Å². The van der Waals surface area contributed by atoms with Crippen LogP contribution in [-0.4, -0.2) is 5.78 Å². The predicted octanol–water partition coefficient (Wildman–Crippen LogP) is 5.14. The van der Waals surface area contributed by atoms with Crippen LogP contribution in [0.15, 0.2) is 47.1 Å². The van der Waals surface area contributed by atoms with E-state index < -0.39 is 0 Å². The molecule has 3 heteroatoms. The van der Waals surface area contributed by atoms with E-state index in [0.717, 1.165) is 28.2 Å².